The minimum atomic E-state index is 0.345. The van der Waals surface area contributed by atoms with Crippen LogP contribution in [0.15, 0.2) is 36.4 Å². The molecule has 0 aromatic heterocycles. The highest BCUT2D eigenvalue weighted by atomic mass is 16.3. The molecular formula is C12H16O. The summed E-state index contributed by atoms with van der Waals surface area (Å²) in [6, 6.07) is 7.44. The highest BCUT2D eigenvalue weighted by Gasteiger charge is 1.91. The van der Waals surface area contributed by atoms with Gasteiger partial charge in [-0.15, -0.1) is 0 Å². The molecular weight excluding hydrogens is 160 g/mol. The number of unbranched alkanes of at least 4 members (excludes halogenated alkanes) is 1. The van der Waals surface area contributed by atoms with Crippen molar-refractivity contribution in [3.05, 3.63) is 42.0 Å². The van der Waals surface area contributed by atoms with Gasteiger partial charge in [0, 0.05) is 0 Å². The standard InChI is InChI=1S/C12H16O/c1-2-3-4-5-6-11-7-9-12(13)10-8-11/h2-3,7-10,13H,4-6H2,1H3. The highest BCUT2D eigenvalue weighted by molar-refractivity contribution is 5.25. The van der Waals surface area contributed by atoms with Crippen LogP contribution in [0, 0.1) is 0 Å². The van der Waals surface area contributed by atoms with Crippen LogP contribution in [-0.2, 0) is 6.42 Å². The fraction of sp³-hybridized carbons (Fsp3) is 0.333. The average Bonchev–Trinajstić information content (AvgIpc) is 2.15. The lowest BCUT2D eigenvalue weighted by molar-refractivity contribution is 0.475. The number of rotatable bonds is 4. The summed E-state index contributed by atoms with van der Waals surface area (Å²) in [5, 5.41) is 9.06. The number of hydrogen-bond acceptors (Lipinski definition) is 1. The van der Waals surface area contributed by atoms with Crippen LogP contribution in [0.1, 0.15) is 25.3 Å². The van der Waals surface area contributed by atoms with E-state index < -0.39 is 0 Å². The maximum absolute atomic E-state index is 9.06. The van der Waals surface area contributed by atoms with Crippen molar-refractivity contribution in [2.75, 3.05) is 0 Å². The number of phenolic OH excluding ortho intramolecular Hbond substituents is 1. The Balaban J connectivity index is 2.33. The Hall–Kier alpha value is -1.24. The van der Waals surface area contributed by atoms with Gasteiger partial charge in [-0.25, -0.2) is 0 Å². The third-order valence-electron chi connectivity index (χ3n) is 2.01. The number of benzene rings is 1. The average molecular weight is 176 g/mol. The topological polar surface area (TPSA) is 20.2 Å². The van der Waals surface area contributed by atoms with E-state index in [2.05, 4.69) is 12.2 Å². The van der Waals surface area contributed by atoms with Crippen molar-refractivity contribution in [3.8, 4) is 5.75 Å². The van der Waals surface area contributed by atoms with Gasteiger partial charge in [-0.1, -0.05) is 24.3 Å². The van der Waals surface area contributed by atoms with Gasteiger partial charge in [-0.2, -0.15) is 0 Å². The Kier molecular flexibility index (Phi) is 4.10. The Morgan fingerprint density at radius 3 is 2.54 bits per heavy atom. The van der Waals surface area contributed by atoms with Crippen LogP contribution in [0.5, 0.6) is 5.75 Å². The summed E-state index contributed by atoms with van der Waals surface area (Å²) in [5.41, 5.74) is 1.29. The molecule has 0 unspecified atom stereocenters. The van der Waals surface area contributed by atoms with E-state index in [1.54, 1.807) is 12.1 Å². The molecule has 0 amide bonds. The summed E-state index contributed by atoms with van der Waals surface area (Å²) in [7, 11) is 0. The molecule has 0 spiro atoms. The van der Waals surface area contributed by atoms with E-state index in [-0.39, 0.29) is 0 Å². The van der Waals surface area contributed by atoms with Crippen molar-refractivity contribution >= 4 is 0 Å². The van der Waals surface area contributed by atoms with Gasteiger partial charge in [0.1, 0.15) is 5.75 Å². The van der Waals surface area contributed by atoms with Crippen LogP contribution in [0.2, 0.25) is 0 Å². The van der Waals surface area contributed by atoms with E-state index in [0.29, 0.717) is 5.75 Å². The maximum Gasteiger partial charge on any atom is 0.115 e. The highest BCUT2D eigenvalue weighted by Crippen LogP contribution is 2.11. The smallest absolute Gasteiger partial charge is 0.115 e. The summed E-state index contributed by atoms with van der Waals surface area (Å²) in [4.78, 5) is 0. The van der Waals surface area contributed by atoms with Crippen molar-refractivity contribution in [2.45, 2.75) is 26.2 Å². The Labute approximate surface area is 79.7 Å². The minimum Gasteiger partial charge on any atom is -0.508 e. The molecule has 0 atom stereocenters. The van der Waals surface area contributed by atoms with E-state index >= 15 is 0 Å². The first-order valence-electron chi connectivity index (χ1n) is 4.72. The van der Waals surface area contributed by atoms with Crippen molar-refractivity contribution in [1.29, 1.82) is 0 Å². The van der Waals surface area contributed by atoms with Crippen molar-refractivity contribution in [2.24, 2.45) is 0 Å². The predicted molar refractivity (Wildman–Crippen MR) is 55.9 cm³/mol. The van der Waals surface area contributed by atoms with E-state index in [1.165, 1.54) is 12.0 Å². The minimum absolute atomic E-state index is 0.345. The van der Waals surface area contributed by atoms with Crippen molar-refractivity contribution in [3.63, 3.8) is 0 Å². The molecule has 1 heteroatoms. The van der Waals surface area contributed by atoms with Crippen LogP contribution in [0.4, 0.5) is 0 Å². The molecule has 0 fully saturated rings. The first kappa shape index (κ1) is 9.85. The Morgan fingerprint density at radius 1 is 1.23 bits per heavy atom. The van der Waals surface area contributed by atoms with Crippen molar-refractivity contribution in [1.82, 2.24) is 0 Å². The number of aryl methyl sites for hydroxylation is 1. The molecule has 1 aromatic rings. The fourth-order valence-corrected chi connectivity index (χ4v) is 1.25. The SMILES string of the molecule is CC=CCCCc1ccc(O)cc1. The molecule has 13 heavy (non-hydrogen) atoms. The Morgan fingerprint density at radius 2 is 1.92 bits per heavy atom. The van der Waals surface area contributed by atoms with Gasteiger partial charge in [-0.05, 0) is 43.9 Å². The second kappa shape index (κ2) is 5.41. The molecule has 0 bridgehead atoms. The molecule has 1 N–H and O–H groups in total. The van der Waals surface area contributed by atoms with Crippen LogP contribution in [0.3, 0.4) is 0 Å². The molecule has 1 rings (SSSR count). The summed E-state index contributed by atoms with van der Waals surface area (Å²) in [6.07, 6.45) is 7.66. The van der Waals surface area contributed by atoms with Gasteiger partial charge in [0.25, 0.3) is 0 Å². The van der Waals surface area contributed by atoms with Crippen LogP contribution >= 0.6 is 0 Å². The summed E-state index contributed by atoms with van der Waals surface area (Å²) < 4.78 is 0. The lowest BCUT2D eigenvalue weighted by Crippen LogP contribution is -1.83. The summed E-state index contributed by atoms with van der Waals surface area (Å²) >= 11 is 0. The molecule has 0 radical (unpaired) electrons. The van der Waals surface area contributed by atoms with Crippen molar-refractivity contribution < 1.29 is 5.11 Å². The van der Waals surface area contributed by atoms with Gasteiger partial charge >= 0.3 is 0 Å². The molecule has 70 valence electrons. The second-order valence-electron chi connectivity index (χ2n) is 3.13. The largest absolute Gasteiger partial charge is 0.508 e. The normalized spacial score (nSPS) is 10.8. The molecule has 1 nitrogen and oxygen atoms in total. The third-order valence-corrected chi connectivity index (χ3v) is 2.01. The zero-order valence-corrected chi connectivity index (χ0v) is 8.03. The molecule has 0 aliphatic rings. The first-order valence-corrected chi connectivity index (χ1v) is 4.72. The zero-order valence-electron chi connectivity index (χ0n) is 8.03. The van der Waals surface area contributed by atoms with Crippen LogP contribution in [-0.4, -0.2) is 5.11 Å². The number of allylic oxidation sites excluding steroid dienone is 2. The van der Waals surface area contributed by atoms with E-state index in [0.717, 1.165) is 12.8 Å². The molecule has 1 aromatic carbocycles. The molecule has 0 saturated heterocycles. The van der Waals surface area contributed by atoms with Crippen LogP contribution in [0.25, 0.3) is 0 Å². The molecule has 0 aliphatic carbocycles. The predicted octanol–water partition coefficient (Wildman–Crippen LogP) is 3.29. The zero-order chi connectivity index (χ0) is 9.52. The lowest BCUT2D eigenvalue weighted by atomic mass is 10.1. The number of hydrogen-bond donors (Lipinski definition) is 1. The molecule has 0 aliphatic heterocycles. The summed E-state index contributed by atoms with van der Waals surface area (Å²) in [5.74, 6) is 0.345. The van der Waals surface area contributed by atoms with Gasteiger partial charge in [0.05, 0.1) is 0 Å². The number of phenols is 1. The van der Waals surface area contributed by atoms with Crippen LogP contribution < -0.4 is 0 Å². The third kappa shape index (κ3) is 3.79. The van der Waals surface area contributed by atoms with Gasteiger partial charge in [-0.3, -0.25) is 0 Å². The van der Waals surface area contributed by atoms with E-state index in [9.17, 15) is 0 Å². The number of aromatic hydroxyl groups is 1. The first-order chi connectivity index (χ1) is 6.33. The maximum atomic E-state index is 9.06. The van der Waals surface area contributed by atoms with E-state index in [4.69, 9.17) is 5.11 Å². The lowest BCUT2D eigenvalue weighted by Gasteiger charge is -1.99. The van der Waals surface area contributed by atoms with E-state index in [1.807, 2.05) is 19.1 Å². The fourth-order valence-electron chi connectivity index (χ4n) is 1.25. The monoisotopic (exact) mass is 176 g/mol. The summed E-state index contributed by atoms with van der Waals surface area (Å²) in [6.45, 7) is 2.04. The second-order valence-corrected chi connectivity index (χ2v) is 3.13. The van der Waals surface area contributed by atoms with Gasteiger partial charge in [0.2, 0.25) is 0 Å². The molecule has 0 saturated carbocycles. The van der Waals surface area contributed by atoms with Gasteiger partial charge < -0.3 is 5.11 Å². The quantitative estimate of drug-likeness (QED) is 0.551. The van der Waals surface area contributed by atoms with Gasteiger partial charge in [0.15, 0.2) is 0 Å². The molecule has 0 heterocycles. The Bertz CT molecular complexity index is 259.